The molecule has 7 heteroatoms. The molecule has 0 N–H and O–H groups in total. The van der Waals surface area contributed by atoms with Crippen LogP contribution in [0.15, 0.2) is 134 Å². The third-order valence-electron chi connectivity index (χ3n) is 8.19. The minimum absolute atomic E-state index is 0.321. The van der Waals surface area contributed by atoms with E-state index >= 15 is 0 Å². The lowest BCUT2D eigenvalue weighted by Gasteiger charge is -2.43. The van der Waals surface area contributed by atoms with Gasteiger partial charge in [-0.2, -0.15) is 0 Å². The number of esters is 1. The summed E-state index contributed by atoms with van der Waals surface area (Å²) in [6.45, 7) is 1.86. The molecule has 0 unspecified atom stereocenters. The van der Waals surface area contributed by atoms with Crippen molar-refractivity contribution >= 4 is 5.97 Å². The highest BCUT2D eigenvalue weighted by Gasteiger charge is 2.46. The number of carbonyl (C=O) groups is 1. The van der Waals surface area contributed by atoms with Crippen LogP contribution in [0.5, 0.6) is 0 Å². The highest BCUT2D eigenvalue weighted by atomic mass is 16.6. The highest BCUT2D eigenvalue weighted by molar-refractivity contribution is 5.89. The summed E-state index contributed by atoms with van der Waals surface area (Å²) in [7, 11) is 1.39. The SMILES string of the molecule is COC(=O)c1cc2n(c1)[C@H](COCc1ccccc1)[C@@H](OCc1ccccc1)[C@H](OCc1ccccc1)[C@H]2OCc1ccccc1. The van der Waals surface area contributed by atoms with Gasteiger partial charge in [0.2, 0.25) is 0 Å². The molecule has 46 heavy (non-hydrogen) atoms. The first-order chi connectivity index (χ1) is 22.7. The van der Waals surface area contributed by atoms with E-state index in [1.165, 1.54) is 7.11 Å². The van der Waals surface area contributed by atoms with Gasteiger partial charge in [0.25, 0.3) is 0 Å². The first-order valence-corrected chi connectivity index (χ1v) is 15.6. The van der Waals surface area contributed by atoms with Crippen LogP contribution in [0, 0.1) is 0 Å². The van der Waals surface area contributed by atoms with E-state index in [4.69, 9.17) is 23.7 Å². The second-order valence-electron chi connectivity index (χ2n) is 11.4. The Morgan fingerprint density at radius 2 is 1.07 bits per heavy atom. The summed E-state index contributed by atoms with van der Waals surface area (Å²) in [5.41, 5.74) is 5.43. The maximum atomic E-state index is 12.8. The predicted molar refractivity (Wildman–Crippen MR) is 175 cm³/mol. The van der Waals surface area contributed by atoms with Gasteiger partial charge in [-0.1, -0.05) is 121 Å². The van der Waals surface area contributed by atoms with Crippen LogP contribution in [0.1, 0.15) is 50.5 Å². The largest absolute Gasteiger partial charge is 0.465 e. The Morgan fingerprint density at radius 1 is 0.609 bits per heavy atom. The lowest BCUT2D eigenvalue weighted by Crippen LogP contribution is -2.49. The van der Waals surface area contributed by atoms with Crippen molar-refractivity contribution in [2.45, 2.75) is 50.8 Å². The van der Waals surface area contributed by atoms with Gasteiger partial charge in [0.15, 0.2) is 0 Å². The Bertz CT molecular complexity index is 1640. The Balaban J connectivity index is 1.38. The van der Waals surface area contributed by atoms with Crippen LogP contribution < -0.4 is 0 Å². The predicted octanol–water partition coefficient (Wildman–Crippen LogP) is 7.47. The molecule has 7 nitrogen and oxygen atoms in total. The number of methoxy groups -OCH3 is 1. The van der Waals surface area contributed by atoms with E-state index in [0.29, 0.717) is 38.6 Å². The van der Waals surface area contributed by atoms with Gasteiger partial charge in [-0.25, -0.2) is 4.79 Å². The molecule has 0 spiro atoms. The molecular formula is C39H39NO6. The molecule has 0 aliphatic carbocycles. The number of hydrogen-bond acceptors (Lipinski definition) is 6. The normalized spacial score (nSPS) is 19.0. The van der Waals surface area contributed by atoms with E-state index in [9.17, 15) is 4.79 Å². The molecule has 6 rings (SSSR count). The van der Waals surface area contributed by atoms with E-state index in [0.717, 1.165) is 27.9 Å². The Labute approximate surface area is 270 Å². The van der Waals surface area contributed by atoms with Crippen molar-refractivity contribution in [3.05, 3.63) is 167 Å². The van der Waals surface area contributed by atoms with Crippen LogP contribution in [-0.2, 0) is 50.1 Å². The number of rotatable bonds is 14. The minimum Gasteiger partial charge on any atom is -0.465 e. The standard InChI is InChI=1S/C39H39NO6/c1-42-39(41)33-22-34-36(44-25-30-16-8-3-9-17-30)38(46-27-32-20-12-5-13-21-32)37(45-26-31-18-10-4-11-19-31)35(40(34)23-33)28-43-24-29-14-6-2-7-15-29/h2-23,35-38H,24-28H2,1H3/t35-,36+,37-,38-/m1/s1. The van der Waals surface area contributed by atoms with Gasteiger partial charge in [-0.3, -0.25) is 0 Å². The lowest BCUT2D eigenvalue weighted by molar-refractivity contribution is -0.187. The smallest absolute Gasteiger partial charge is 0.339 e. The van der Waals surface area contributed by atoms with Gasteiger partial charge in [0.1, 0.15) is 18.3 Å². The zero-order valence-electron chi connectivity index (χ0n) is 25.9. The third-order valence-corrected chi connectivity index (χ3v) is 8.19. The minimum atomic E-state index is -0.548. The summed E-state index contributed by atoms with van der Waals surface area (Å²) in [5.74, 6) is -0.420. The molecule has 0 radical (unpaired) electrons. The molecule has 1 aliphatic heterocycles. The van der Waals surface area contributed by atoms with Crippen molar-refractivity contribution in [2.24, 2.45) is 0 Å². The van der Waals surface area contributed by atoms with Crippen molar-refractivity contribution < 1.29 is 28.5 Å². The topological polar surface area (TPSA) is 68.2 Å². The molecule has 0 saturated heterocycles. The highest BCUT2D eigenvalue weighted by Crippen LogP contribution is 2.41. The first kappa shape index (κ1) is 31.5. The van der Waals surface area contributed by atoms with Crippen LogP contribution in [-0.4, -0.2) is 36.5 Å². The molecular weight excluding hydrogens is 578 g/mol. The van der Waals surface area contributed by atoms with Crippen molar-refractivity contribution in [1.29, 1.82) is 0 Å². The van der Waals surface area contributed by atoms with Crippen molar-refractivity contribution in [2.75, 3.05) is 13.7 Å². The fourth-order valence-electron chi connectivity index (χ4n) is 5.87. The molecule has 0 bridgehead atoms. The Morgan fingerprint density at radius 3 is 1.57 bits per heavy atom. The van der Waals surface area contributed by atoms with Crippen LogP contribution in [0.2, 0.25) is 0 Å². The van der Waals surface area contributed by atoms with Crippen LogP contribution in [0.4, 0.5) is 0 Å². The van der Waals surface area contributed by atoms with Gasteiger partial charge in [-0.15, -0.1) is 0 Å². The average molecular weight is 618 g/mol. The zero-order valence-corrected chi connectivity index (χ0v) is 25.9. The molecule has 2 heterocycles. The maximum absolute atomic E-state index is 12.8. The molecule has 0 fully saturated rings. The molecule has 1 aromatic heterocycles. The van der Waals surface area contributed by atoms with Gasteiger partial charge in [-0.05, 0) is 28.3 Å². The fourth-order valence-corrected chi connectivity index (χ4v) is 5.87. The molecule has 4 atom stereocenters. The molecule has 5 aromatic rings. The monoisotopic (exact) mass is 617 g/mol. The lowest BCUT2D eigenvalue weighted by atomic mass is 9.93. The number of hydrogen-bond donors (Lipinski definition) is 0. The quantitative estimate of drug-likeness (QED) is 0.120. The number of ether oxygens (including phenoxy) is 5. The second-order valence-corrected chi connectivity index (χ2v) is 11.4. The van der Waals surface area contributed by atoms with Gasteiger partial charge < -0.3 is 28.3 Å². The fraction of sp³-hybridized carbons (Fsp3) is 0.256. The number of carbonyl (C=O) groups excluding carboxylic acids is 1. The Hall–Kier alpha value is -4.53. The van der Waals surface area contributed by atoms with Crippen LogP contribution in [0.25, 0.3) is 0 Å². The third kappa shape index (κ3) is 7.81. The van der Waals surface area contributed by atoms with Gasteiger partial charge >= 0.3 is 5.97 Å². The summed E-state index contributed by atoms with van der Waals surface area (Å²) in [4.78, 5) is 12.8. The van der Waals surface area contributed by atoms with E-state index in [1.807, 2.05) is 134 Å². The molecule has 0 amide bonds. The van der Waals surface area contributed by atoms with E-state index in [-0.39, 0.29) is 6.04 Å². The van der Waals surface area contributed by atoms with Gasteiger partial charge in [0.05, 0.1) is 57.4 Å². The van der Waals surface area contributed by atoms with Crippen LogP contribution >= 0.6 is 0 Å². The zero-order chi connectivity index (χ0) is 31.6. The van der Waals surface area contributed by atoms with Gasteiger partial charge in [0, 0.05) is 6.20 Å². The summed E-state index contributed by atoms with van der Waals surface area (Å²) in [6.07, 6.45) is 0.272. The molecule has 4 aromatic carbocycles. The van der Waals surface area contributed by atoms with Crippen LogP contribution in [0.3, 0.4) is 0 Å². The summed E-state index contributed by atoms with van der Waals surface area (Å²) < 4.78 is 33.8. The summed E-state index contributed by atoms with van der Waals surface area (Å²) in [6, 6.07) is 41.8. The van der Waals surface area contributed by atoms with E-state index < -0.39 is 24.3 Å². The second kappa shape index (κ2) is 15.7. The van der Waals surface area contributed by atoms with Crippen molar-refractivity contribution in [3.63, 3.8) is 0 Å². The average Bonchev–Trinajstić information content (AvgIpc) is 3.56. The van der Waals surface area contributed by atoms with Crippen molar-refractivity contribution in [1.82, 2.24) is 4.57 Å². The molecule has 1 aliphatic rings. The number of fused-ring (bicyclic) bond motifs is 1. The molecule has 236 valence electrons. The van der Waals surface area contributed by atoms with E-state index in [2.05, 4.69) is 4.57 Å². The Kier molecular flexibility index (Phi) is 10.7. The number of aromatic nitrogens is 1. The maximum Gasteiger partial charge on any atom is 0.339 e. The number of benzene rings is 4. The van der Waals surface area contributed by atoms with Crippen molar-refractivity contribution in [3.8, 4) is 0 Å². The first-order valence-electron chi connectivity index (χ1n) is 15.6. The van der Waals surface area contributed by atoms with E-state index in [1.54, 1.807) is 0 Å². The summed E-state index contributed by atoms with van der Waals surface area (Å²) in [5, 5.41) is 0. The number of nitrogens with zero attached hydrogens (tertiary/aromatic N) is 1. The summed E-state index contributed by atoms with van der Waals surface area (Å²) >= 11 is 0. The molecule has 0 saturated carbocycles.